The molecule has 4 heteroatoms. The van der Waals surface area contributed by atoms with Crippen LogP contribution in [-0.2, 0) is 26.2 Å². The molecule has 0 amide bonds. The molecule has 150 valence electrons. The summed E-state index contributed by atoms with van der Waals surface area (Å²) in [6, 6.07) is 19.8. The van der Waals surface area contributed by atoms with Crippen LogP contribution in [0.15, 0.2) is 60.7 Å². The summed E-state index contributed by atoms with van der Waals surface area (Å²) in [4.78, 5) is 0. The van der Waals surface area contributed by atoms with E-state index in [9.17, 15) is 0 Å². The fourth-order valence-electron chi connectivity index (χ4n) is 4.17. The van der Waals surface area contributed by atoms with E-state index in [1.54, 1.807) is 10.4 Å². The third-order valence-electron chi connectivity index (χ3n) is 6.05. The second-order valence-electron chi connectivity index (χ2n) is 8.24. The third-order valence-corrected chi connectivity index (χ3v) is 9.33. The molecule has 0 fully saturated rings. The normalized spacial score (nSPS) is 17.4. The summed E-state index contributed by atoms with van der Waals surface area (Å²) in [5, 5.41) is 6.35. The predicted octanol–water partition coefficient (Wildman–Crippen LogP) is -0.252. The number of halogens is 2. The van der Waals surface area contributed by atoms with E-state index in [2.05, 4.69) is 100 Å². The monoisotopic (exact) mass is 516 g/mol. The molecule has 3 aromatic carbocycles. The topological polar surface area (TPSA) is 0 Å². The molecular weight excluding hydrogens is 490 g/mol. The maximum Gasteiger partial charge on any atom is 4.00 e. The van der Waals surface area contributed by atoms with Crippen molar-refractivity contribution in [3.8, 4) is 0 Å². The molecule has 0 saturated carbocycles. The number of allylic oxidation sites excluding steroid dienone is 1. The van der Waals surface area contributed by atoms with E-state index in [0.29, 0.717) is 11.8 Å². The Morgan fingerprint density at radius 2 is 1.69 bits per heavy atom. The van der Waals surface area contributed by atoms with Crippen LogP contribution in [0.1, 0.15) is 37.3 Å². The summed E-state index contributed by atoms with van der Waals surface area (Å²) in [6.07, 6.45) is 8.21. The molecule has 1 aliphatic carbocycles. The van der Waals surface area contributed by atoms with Gasteiger partial charge in [-0.3, -0.25) is 0 Å². The largest absolute Gasteiger partial charge is 4.00 e. The van der Waals surface area contributed by atoms with Gasteiger partial charge in [0.1, 0.15) is 0 Å². The van der Waals surface area contributed by atoms with Crippen molar-refractivity contribution in [3.63, 3.8) is 0 Å². The molecule has 1 aliphatic heterocycles. The summed E-state index contributed by atoms with van der Waals surface area (Å²) < 4.78 is 0. The van der Waals surface area contributed by atoms with Gasteiger partial charge in [0, 0.05) is 8.07 Å². The van der Waals surface area contributed by atoms with Gasteiger partial charge in [-0.2, -0.15) is 21.7 Å². The van der Waals surface area contributed by atoms with E-state index in [0.717, 1.165) is 0 Å². The molecule has 0 saturated heterocycles. The van der Waals surface area contributed by atoms with Crippen LogP contribution >= 0.6 is 0 Å². The molecule has 1 heterocycles. The first kappa shape index (κ1) is 26.5. The molecule has 0 aromatic heterocycles. The molecule has 0 radical (unpaired) electrons. The molecule has 29 heavy (non-hydrogen) atoms. The third kappa shape index (κ3) is 5.21. The molecule has 2 atom stereocenters. The first-order chi connectivity index (χ1) is 12.5. The van der Waals surface area contributed by atoms with Crippen molar-refractivity contribution in [2.45, 2.75) is 39.3 Å². The second-order valence-corrected chi connectivity index (χ2v) is 12.5. The molecule has 2 aliphatic rings. The minimum Gasteiger partial charge on any atom is -1.00 e. The Bertz CT molecular complexity index is 974. The van der Waals surface area contributed by atoms with Gasteiger partial charge >= 0.3 is 26.2 Å². The maximum absolute atomic E-state index is 2.45. The van der Waals surface area contributed by atoms with Crippen molar-refractivity contribution in [2.24, 2.45) is 5.92 Å². The Balaban J connectivity index is 0.000000264. The van der Waals surface area contributed by atoms with Gasteiger partial charge < -0.3 is 31.2 Å². The van der Waals surface area contributed by atoms with Crippen molar-refractivity contribution in [3.05, 3.63) is 78.2 Å². The van der Waals surface area contributed by atoms with E-state index in [1.165, 1.54) is 28.3 Å². The molecule has 0 nitrogen and oxygen atoms in total. The summed E-state index contributed by atoms with van der Waals surface area (Å²) >= 11 is 0. The number of hydrogen-bond acceptors (Lipinski definition) is 0. The molecule has 3 aromatic rings. The van der Waals surface area contributed by atoms with E-state index in [4.69, 9.17) is 0 Å². The number of fused-ring (bicyclic) bond motifs is 4. The fourth-order valence-corrected chi connectivity index (χ4v) is 7.54. The summed E-state index contributed by atoms with van der Waals surface area (Å²) in [5.41, 5.74) is 2.85. The zero-order chi connectivity index (χ0) is 18.3. The summed E-state index contributed by atoms with van der Waals surface area (Å²) in [5.74, 6) is 1.25. The van der Waals surface area contributed by atoms with Crippen molar-refractivity contribution in [1.29, 1.82) is 0 Å². The molecule has 0 spiro atoms. The average molecular weight is 519 g/mol. The van der Waals surface area contributed by atoms with Crippen molar-refractivity contribution < 1.29 is 51.0 Å². The van der Waals surface area contributed by atoms with Gasteiger partial charge in [0.05, 0.1) is 0 Å². The summed E-state index contributed by atoms with van der Waals surface area (Å²) in [6.45, 7) is 9.40. The van der Waals surface area contributed by atoms with Crippen molar-refractivity contribution in [2.75, 3.05) is 0 Å². The zero-order valence-electron chi connectivity index (χ0n) is 17.5. The quantitative estimate of drug-likeness (QED) is 0.332. The van der Waals surface area contributed by atoms with Gasteiger partial charge in [-0.25, -0.2) is 0 Å². The van der Waals surface area contributed by atoms with E-state index in [1.807, 2.05) is 0 Å². The predicted molar refractivity (Wildman–Crippen MR) is 118 cm³/mol. The van der Waals surface area contributed by atoms with E-state index >= 15 is 0 Å². The standard InChI is InChI=1S/C14H17.C11H11Si.2ClH.Zr/c1-3-11(2)10-13-9-8-12-6-4-5-7-14(12)13;1-12(2)10-7-8-5-3-4-6-9(8)11(10)12;;;/h4-11,13H,3H2,1-2H3;3-7H,1-2H3;2*1H;/q2*-1;;;+4/p-2. The van der Waals surface area contributed by atoms with E-state index in [-0.39, 0.29) is 51.0 Å². The van der Waals surface area contributed by atoms with Crippen LogP contribution in [0, 0.1) is 12.3 Å². The molecule has 0 bridgehead atoms. The van der Waals surface area contributed by atoms with Crippen LogP contribution in [0.5, 0.6) is 0 Å². The van der Waals surface area contributed by atoms with Crippen LogP contribution in [0.2, 0.25) is 13.1 Å². The van der Waals surface area contributed by atoms with Crippen LogP contribution in [0.3, 0.4) is 0 Å². The Morgan fingerprint density at radius 1 is 1.03 bits per heavy atom. The average Bonchev–Trinajstić information content (AvgIpc) is 3.03. The van der Waals surface area contributed by atoms with Gasteiger partial charge in [0.2, 0.25) is 0 Å². The number of rotatable bonds is 3. The molecular formula is C25H28Cl2SiZr. The Hall–Kier alpha value is -0.530. The zero-order valence-corrected chi connectivity index (χ0v) is 22.5. The summed E-state index contributed by atoms with van der Waals surface area (Å²) in [7, 11) is -0.981. The van der Waals surface area contributed by atoms with Crippen LogP contribution in [-0.4, -0.2) is 8.07 Å². The van der Waals surface area contributed by atoms with Gasteiger partial charge in [-0.1, -0.05) is 75.3 Å². The smallest absolute Gasteiger partial charge is 1.00 e. The van der Waals surface area contributed by atoms with Gasteiger partial charge in [0.25, 0.3) is 0 Å². The number of benzene rings is 2. The SMILES string of the molecule is CCC(C)[CH-]C1C=Cc2ccccc21.C[Si]1(C)c2[cH-]c3ccccc3c21.[Cl-].[Cl-].[Zr+4]. The Morgan fingerprint density at radius 3 is 2.41 bits per heavy atom. The van der Waals surface area contributed by atoms with Crippen LogP contribution in [0.25, 0.3) is 16.8 Å². The first-order valence-corrected chi connectivity index (χ1v) is 12.8. The fraction of sp³-hybridized carbons (Fsp3) is 0.280. The second kappa shape index (κ2) is 10.7. The van der Waals surface area contributed by atoms with Gasteiger partial charge in [-0.05, 0) is 5.56 Å². The number of hydrogen-bond donors (Lipinski definition) is 0. The maximum atomic E-state index is 2.45. The molecule has 0 N–H and O–H groups in total. The van der Waals surface area contributed by atoms with Gasteiger partial charge in [0.15, 0.2) is 0 Å². The van der Waals surface area contributed by atoms with Crippen LogP contribution < -0.4 is 35.2 Å². The van der Waals surface area contributed by atoms with Gasteiger partial charge in [-0.15, -0.1) is 41.6 Å². The first-order valence-electron chi connectivity index (χ1n) is 9.84. The Kier molecular flexibility index (Phi) is 9.75. The Labute approximate surface area is 208 Å². The van der Waals surface area contributed by atoms with Crippen molar-refractivity contribution in [1.82, 2.24) is 0 Å². The van der Waals surface area contributed by atoms with Crippen LogP contribution in [0.4, 0.5) is 0 Å². The van der Waals surface area contributed by atoms with Crippen molar-refractivity contribution >= 4 is 35.3 Å². The molecule has 2 unspecified atom stereocenters. The molecule has 5 rings (SSSR count). The van der Waals surface area contributed by atoms with E-state index < -0.39 is 8.07 Å². The minimum absolute atomic E-state index is 0. The minimum atomic E-state index is -0.981.